The lowest BCUT2D eigenvalue weighted by molar-refractivity contribution is -0.0487. The highest BCUT2D eigenvalue weighted by atomic mass is 19.3. The molecule has 0 heterocycles. The minimum Gasteiger partial charge on any atom is -0.434 e. The number of halogens is 2. The predicted octanol–water partition coefficient (Wildman–Crippen LogP) is 3.02. The number of hydrogen-bond acceptors (Lipinski definition) is 2. The lowest BCUT2D eigenvalue weighted by atomic mass is 10.1. The molecule has 4 heteroatoms. The smallest absolute Gasteiger partial charge is 0.387 e. The van der Waals surface area contributed by atoms with Gasteiger partial charge in [0.05, 0.1) is 0 Å². The monoisotopic (exact) mass is 209 g/mol. The van der Waals surface area contributed by atoms with Crippen LogP contribution >= 0.6 is 0 Å². The van der Waals surface area contributed by atoms with Crippen LogP contribution in [-0.2, 0) is 0 Å². The van der Waals surface area contributed by atoms with Gasteiger partial charge in [-0.15, -0.1) is 0 Å². The van der Waals surface area contributed by atoms with Gasteiger partial charge in [0.15, 0.2) is 0 Å². The Labute approximate surface area is 85.3 Å². The zero-order valence-electron chi connectivity index (χ0n) is 7.78. The van der Waals surface area contributed by atoms with Gasteiger partial charge in [0, 0.05) is 11.1 Å². The molecule has 0 fully saturated rings. The van der Waals surface area contributed by atoms with E-state index in [2.05, 4.69) is 4.74 Å². The quantitative estimate of drug-likeness (QED) is 0.771. The van der Waals surface area contributed by atoms with Crippen LogP contribution < -0.4 is 10.5 Å². The number of ether oxygens (including phenoxy) is 1. The first-order valence-electron chi connectivity index (χ1n) is 4.40. The van der Waals surface area contributed by atoms with Crippen molar-refractivity contribution in [2.24, 2.45) is 0 Å². The van der Waals surface area contributed by atoms with E-state index in [1.54, 1.807) is 30.3 Å². The van der Waals surface area contributed by atoms with E-state index in [1.165, 1.54) is 6.07 Å². The lowest BCUT2D eigenvalue weighted by Gasteiger charge is -2.08. The molecule has 2 N–H and O–H groups in total. The van der Waals surface area contributed by atoms with Crippen LogP contribution in [0.2, 0.25) is 0 Å². The summed E-state index contributed by atoms with van der Waals surface area (Å²) in [6.45, 7) is -2.81. The van der Waals surface area contributed by atoms with Gasteiger partial charge in [-0.2, -0.15) is 8.78 Å². The number of alkyl halides is 2. The summed E-state index contributed by atoms with van der Waals surface area (Å²) in [4.78, 5) is 0. The maximum absolute atomic E-state index is 12.1. The number of nitrogen functional groups attached to an aromatic ring is 1. The highest BCUT2D eigenvalue weighted by molar-refractivity contribution is 5.90. The highest BCUT2D eigenvalue weighted by Crippen LogP contribution is 2.28. The van der Waals surface area contributed by atoms with Gasteiger partial charge >= 0.3 is 6.61 Å². The Hall–Kier alpha value is -1.84. The SMILES string of the molecule is Nc1ccc2c(OC(F)F)cccc2c1. The van der Waals surface area contributed by atoms with Crippen molar-refractivity contribution in [1.29, 1.82) is 0 Å². The van der Waals surface area contributed by atoms with Crippen molar-refractivity contribution in [3.05, 3.63) is 36.4 Å². The van der Waals surface area contributed by atoms with E-state index in [9.17, 15) is 8.78 Å². The molecule has 0 atom stereocenters. The van der Waals surface area contributed by atoms with Crippen molar-refractivity contribution in [2.45, 2.75) is 6.61 Å². The fourth-order valence-corrected chi connectivity index (χ4v) is 1.47. The summed E-state index contributed by atoms with van der Waals surface area (Å²) in [5.41, 5.74) is 6.18. The van der Waals surface area contributed by atoms with Gasteiger partial charge in [-0.05, 0) is 29.7 Å². The molecule has 0 bridgehead atoms. The third-order valence-electron chi connectivity index (χ3n) is 2.08. The van der Waals surface area contributed by atoms with Crippen LogP contribution in [0.3, 0.4) is 0 Å². The zero-order valence-corrected chi connectivity index (χ0v) is 7.78. The van der Waals surface area contributed by atoms with Crippen molar-refractivity contribution in [2.75, 3.05) is 5.73 Å². The van der Waals surface area contributed by atoms with E-state index >= 15 is 0 Å². The second-order valence-electron chi connectivity index (χ2n) is 3.12. The number of nitrogens with two attached hydrogens (primary N) is 1. The minimum absolute atomic E-state index is 0.169. The number of benzene rings is 2. The Morgan fingerprint density at radius 1 is 1.13 bits per heavy atom. The molecular formula is C11H9F2NO. The molecule has 2 nitrogen and oxygen atoms in total. The molecule has 15 heavy (non-hydrogen) atoms. The molecule has 0 amide bonds. The van der Waals surface area contributed by atoms with Crippen molar-refractivity contribution in [1.82, 2.24) is 0 Å². The topological polar surface area (TPSA) is 35.2 Å². The maximum atomic E-state index is 12.1. The second-order valence-corrected chi connectivity index (χ2v) is 3.12. The Morgan fingerprint density at radius 2 is 1.93 bits per heavy atom. The van der Waals surface area contributed by atoms with E-state index in [-0.39, 0.29) is 5.75 Å². The van der Waals surface area contributed by atoms with E-state index in [1.807, 2.05) is 0 Å². The maximum Gasteiger partial charge on any atom is 0.387 e. The molecule has 78 valence electrons. The van der Waals surface area contributed by atoms with E-state index < -0.39 is 6.61 Å². The van der Waals surface area contributed by atoms with Gasteiger partial charge in [-0.25, -0.2) is 0 Å². The average Bonchev–Trinajstić information content (AvgIpc) is 2.16. The third kappa shape index (κ3) is 1.98. The first-order valence-corrected chi connectivity index (χ1v) is 4.40. The standard InChI is InChI=1S/C11H9F2NO/c12-11(13)15-10-3-1-2-7-6-8(14)4-5-9(7)10/h1-6,11H,14H2. The van der Waals surface area contributed by atoms with Crippen molar-refractivity contribution < 1.29 is 13.5 Å². The largest absolute Gasteiger partial charge is 0.434 e. The molecule has 0 saturated carbocycles. The Balaban J connectivity index is 2.56. The Bertz CT molecular complexity index is 485. The summed E-state index contributed by atoms with van der Waals surface area (Å²) in [5, 5.41) is 1.42. The first-order chi connectivity index (χ1) is 7.16. The first kappa shape index (κ1) is 9.71. The molecule has 2 aromatic rings. The zero-order chi connectivity index (χ0) is 10.8. The summed E-state index contributed by atoms with van der Waals surface area (Å²) in [6, 6.07) is 9.99. The van der Waals surface area contributed by atoms with Crippen LogP contribution in [0.15, 0.2) is 36.4 Å². The van der Waals surface area contributed by atoms with Gasteiger partial charge in [0.25, 0.3) is 0 Å². The molecular weight excluding hydrogens is 200 g/mol. The van der Waals surface area contributed by atoms with Gasteiger partial charge in [-0.3, -0.25) is 0 Å². The number of fused-ring (bicyclic) bond motifs is 1. The van der Waals surface area contributed by atoms with E-state index in [4.69, 9.17) is 5.73 Å². The third-order valence-corrected chi connectivity index (χ3v) is 2.08. The predicted molar refractivity (Wildman–Crippen MR) is 55.0 cm³/mol. The highest BCUT2D eigenvalue weighted by Gasteiger charge is 2.07. The van der Waals surface area contributed by atoms with E-state index in [0.717, 1.165) is 5.39 Å². The van der Waals surface area contributed by atoms with Gasteiger partial charge < -0.3 is 10.5 Å². The lowest BCUT2D eigenvalue weighted by Crippen LogP contribution is -2.02. The molecule has 0 spiro atoms. The van der Waals surface area contributed by atoms with Crippen LogP contribution in [0.1, 0.15) is 0 Å². The molecule has 2 rings (SSSR count). The number of hydrogen-bond donors (Lipinski definition) is 1. The molecule has 0 aliphatic heterocycles. The Kier molecular flexibility index (Phi) is 2.41. The van der Waals surface area contributed by atoms with Crippen LogP contribution in [0.25, 0.3) is 10.8 Å². The molecule has 0 aliphatic rings. The average molecular weight is 209 g/mol. The molecule has 0 aromatic heterocycles. The summed E-state index contributed by atoms with van der Waals surface area (Å²) >= 11 is 0. The molecule has 0 unspecified atom stereocenters. The Morgan fingerprint density at radius 3 is 2.67 bits per heavy atom. The normalized spacial score (nSPS) is 10.9. The van der Waals surface area contributed by atoms with Crippen LogP contribution in [0.5, 0.6) is 5.75 Å². The fourth-order valence-electron chi connectivity index (χ4n) is 1.47. The molecule has 0 aliphatic carbocycles. The number of rotatable bonds is 2. The van der Waals surface area contributed by atoms with Crippen molar-refractivity contribution in [3.8, 4) is 5.75 Å². The van der Waals surface area contributed by atoms with Crippen molar-refractivity contribution >= 4 is 16.5 Å². The van der Waals surface area contributed by atoms with Crippen LogP contribution in [0.4, 0.5) is 14.5 Å². The molecule has 0 radical (unpaired) electrons. The minimum atomic E-state index is -2.81. The van der Waals surface area contributed by atoms with Gasteiger partial charge in [0.2, 0.25) is 0 Å². The van der Waals surface area contributed by atoms with Crippen LogP contribution in [0, 0.1) is 0 Å². The fraction of sp³-hybridized carbons (Fsp3) is 0.0909. The van der Waals surface area contributed by atoms with Crippen LogP contribution in [-0.4, -0.2) is 6.61 Å². The van der Waals surface area contributed by atoms with Gasteiger partial charge in [0.1, 0.15) is 5.75 Å². The summed E-state index contributed by atoms with van der Waals surface area (Å²) < 4.78 is 28.6. The van der Waals surface area contributed by atoms with Crippen molar-refractivity contribution in [3.63, 3.8) is 0 Å². The molecule has 2 aromatic carbocycles. The van der Waals surface area contributed by atoms with Gasteiger partial charge in [-0.1, -0.05) is 12.1 Å². The summed E-state index contributed by atoms with van der Waals surface area (Å²) in [7, 11) is 0. The molecule has 0 saturated heterocycles. The summed E-state index contributed by atoms with van der Waals surface area (Å²) in [6.07, 6.45) is 0. The second kappa shape index (κ2) is 3.73. The number of anilines is 1. The van der Waals surface area contributed by atoms with E-state index in [0.29, 0.717) is 11.1 Å². The summed E-state index contributed by atoms with van der Waals surface area (Å²) in [5.74, 6) is 0.169.